The Balaban J connectivity index is 1.58. The molecule has 2 aliphatic rings. The molecule has 4 rings (SSSR count). The Labute approximate surface area is 161 Å². The highest BCUT2D eigenvalue weighted by Gasteiger charge is 2.30. The Kier molecular flexibility index (Phi) is 4.16. The molecule has 9 nitrogen and oxygen atoms in total. The highest BCUT2D eigenvalue weighted by atomic mass is 32.2. The highest BCUT2D eigenvalue weighted by molar-refractivity contribution is 7.93. The third-order valence-corrected chi connectivity index (χ3v) is 7.77. The molecule has 28 heavy (non-hydrogen) atoms. The van der Waals surface area contributed by atoms with Crippen molar-refractivity contribution in [2.75, 3.05) is 21.3 Å². The fraction of sp³-hybridized carbons (Fsp3) is 0.176. The van der Waals surface area contributed by atoms with Crippen LogP contribution in [0.5, 0.6) is 0 Å². The smallest absolute Gasteiger partial charge is 0.261 e. The van der Waals surface area contributed by atoms with Crippen LogP contribution in [-0.2, 0) is 20.0 Å². The van der Waals surface area contributed by atoms with Crippen LogP contribution in [0.3, 0.4) is 0 Å². The van der Waals surface area contributed by atoms with Crippen molar-refractivity contribution in [2.24, 2.45) is 0 Å². The lowest BCUT2D eigenvalue weighted by atomic mass is 10.1. The number of hydrogen-bond acceptors (Lipinski definition) is 6. The zero-order chi connectivity index (χ0) is 20.1. The van der Waals surface area contributed by atoms with Gasteiger partial charge in [0.15, 0.2) is 0 Å². The molecule has 0 aliphatic carbocycles. The molecule has 0 spiro atoms. The van der Waals surface area contributed by atoms with E-state index in [1.165, 1.54) is 40.7 Å². The average Bonchev–Trinajstić information content (AvgIpc) is 3.14. The molecule has 0 radical (unpaired) electrons. The number of rotatable bonds is 4. The molecule has 2 aromatic carbocycles. The summed E-state index contributed by atoms with van der Waals surface area (Å²) in [5, 5.41) is 2.10. The van der Waals surface area contributed by atoms with E-state index in [0.717, 1.165) is 6.07 Å². The van der Waals surface area contributed by atoms with E-state index in [9.17, 15) is 26.4 Å². The average molecular weight is 421 g/mol. The van der Waals surface area contributed by atoms with Crippen molar-refractivity contribution in [3.63, 3.8) is 0 Å². The largest absolute Gasteiger partial charge is 0.288 e. The number of fused-ring (bicyclic) bond motifs is 1. The van der Waals surface area contributed by atoms with Crippen LogP contribution in [-0.4, -0.2) is 40.9 Å². The molecule has 1 saturated heterocycles. The van der Waals surface area contributed by atoms with E-state index >= 15 is 0 Å². The normalized spacial score (nSPS) is 18.1. The molecule has 2 aromatic rings. The number of sulfonamides is 2. The van der Waals surface area contributed by atoms with E-state index in [1.54, 1.807) is 0 Å². The number of hydrogen-bond donors (Lipinski definition) is 2. The summed E-state index contributed by atoms with van der Waals surface area (Å²) in [6, 6.07) is 9.64. The lowest BCUT2D eigenvalue weighted by molar-refractivity contribution is 0.0879. The third kappa shape index (κ3) is 3.12. The van der Waals surface area contributed by atoms with Crippen molar-refractivity contribution >= 4 is 43.2 Å². The standard InChI is InChI=1S/C17H15N3O6S2/c21-16-14-7-6-13(10-15(14)17(22)18-16)28(25,26)19-11-2-4-12(5-3-11)20-8-1-9-27(20,23)24/h2-7,10,19H,1,8-9H2,(H,18,21,22). The summed E-state index contributed by atoms with van der Waals surface area (Å²) >= 11 is 0. The number of imide groups is 1. The first kappa shape index (κ1) is 18.4. The summed E-state index contributed by atoms with van der Waals surface area (Å²) in [7, 11) is -7.32. The topological polar surface area (TPSA) is 130 Å². The number of carbonyl (C=O) groups excluding carboxylic acids is 2. The van der Waals surface area contributed by atoms with Gasteiger partial charge in [-0.3, -0.25) is 23.9 Å². The molecule has 0 unspecified atom stereocenters. The maximum absolute atomic E-state index is 12.6. The quantitative estimate of drug-likeness (QED) is 0.706. The molecule has 2 N–H and O–H groups in total. The summed E-state index contributed by atoms with van der Waals surface area (Å²) in [5.74, 6) is -1.12. The number of nitrogens with zero attached hydrogens (tertiary/aromatic N) is 1. The number of nitrogens with one attached hydrogen (secondary N) is 2. The minimum Gasteiger partial charge on any atom is -0.288 e. The summed E-state index contributed by atoms with van der Waals surface area (Å²) in [5.41, 5.74) is 0.831. The first-order valence-corrected chi connectivity index (χ1v) is 11.4. The SMILES string of the molecule is O=C1NC(=O)c2cc(S(=O)(=O)Nc3ccc(N4CCCS4(=O)=O)cc3)ccc21. The lowest BCUT2D eigenvalue weighted by Gasteiger charge is -2.17. The van der Waals surface area contributed by atoms with Gasteiger partial charge in [0.2, 0.25) is 10.0 Å². The van der Waals surface area contributed by atoms with Gasteiger partial charge < -0.3 is 0 Å². The Morgan fingerprint density at radius 3 is 2.29 bits per heavy atom. The molecular weight excluding hydrogens is 406 g/mol. The van der Waals surface area contributed by atoms with Gasteiger partial charge in [-0.2, -0.15) is 0 Å². The second kappa shape index (κ2) is 6.31. The van der Waals surface area contributed by atoms with Crippen LogP contribution in [0.25, 0.3) is 0 Å². The fourth-order valence-electron chi connectivity index (χ4n) is 3.15. The molecule has 2 amide bonds. The maximum Gasteiger partial charge on any atom is 0.261 e. The molecule has 0 atom stereocenters. The zero-order valence-electron chi connectivity index (χ0n) is 14.4. The molecular formula is C17H15N3O6S2. The summed E-state index contributed by atoms with van der Waals surface area (Å²) < 4.78 is 52.8. The van der Waals surface area contributed by atoms with Gasteiger partial charge in [-0.25, -0.2) is 16.8 Å². The predicted molar refractivity (Wildman–Crippen MR) is 101 cm³/mol. The van der Waals surface area contributed by atoms with Gasteiger partial charge in [-0.05, 0) is 48.9 Å². The zero-order valence-corrected chi connectivity index (χ0v) is 16.0. The first-order valence-electron chi connectivity index (χ1n) is 8.30. The van der Waals surface area contributed by atoms with Gasteiger partial charge in [0.1, 0.15) is 0 Å². The second-order valence-electron chi connectivity index (χ2n) is 6.38. The van der Waals surface area contributed by atoms with Crippen LogP contribution in [0.15, 0.2) is 47.4 Å². The highest BCUT2D eigenvalue weighted by Crippen LogP contribution is 2.27. The van der Waals surface area contributed by atoms with Crippen molar-refractivity contribution in [3.8, 4) is 0 Å². The van der Waals surface area contributed by atoms with Crippen molar-refractivity contribution < 1.29 is 26.4 Å². The van der Waals surface area contributed by atoms with Crippen molar-refractivity contribution in [2.45, 2.75) is 11.3 Å². The molecule has 2 aliphatic heterocycles. The van der Waals surface area contributed by atoms with E-state index in [1.807, 2.05) is 0 Å². The molecule has 146 valence electrons. The molecule has 0 bridgehead atoms. The van der Waals surface area contributed by atoms with Crippen LogP contribution < -0.4 is 14.3 Å². The van der Waals surface area contributed by atoms with Crippen LogP contribution in [0.4, 0.5) is 11.4 Å². The molecule has 1 fully saturated rings. The van der Waals surface area contributed by atoms with Gasteiger partial charge in [-0.1, -0.05) is 0 Å². The number of carbonyl (C=O) groups is 2. The van der Waals surface area contributed by atoms with Gasteiger partial charge in [0, 0.05) is 12.2 Å². The first-order chi connectivity index (χ1) is 13.2. The molecule has 2 heterocycles. The van der Waals surface area contributed by atoms with Gasteiger partial charge in [0.05, 0.1) is 27.5 Å². The fourth-order valence-corrected chi connectivity index (χ4v) is 5.80. The summed E-state index contributed by atoms with van der Waals surface area (Å²) in [6.07, 6.45) is 0.547. The predicted octanol–water partition coefficient (Wildman–Crippen LogP) is 0.911. The lowest BCUT2D eigenvalue weighted by Crippen LogP contribution is -2.25. The van der Waals surface area contributed by atoms with Gasteiger partial charge >= 0.3 is 0 Å². The van der Waals surface area contributed by atoms with Crippen molar-refractivity contribution in [1.29, 1.82) is 0 Å². The van der Waals surface area contributed by atoms with Crippen LogP contribution >= 0.6 is 0 Å². The van der Waals surface area contributed by atoms with Gasteiger partial charge in [-0.15, -0.1) is 0 Å². The summed E-state index contributed by atoms with van der Waals surface area (Å²) in [6.45, 7) is 0.392. The molecule has 0 aromatic heterocycles. The monoisotopic (exact) mass is 421 g/mol. The van der Waals surface area contributed by atoms with E-state index < -0.39 is 31.9 Å². The van der Waals surface area contributed by atoms with E-state index in [0.29, 0.717) is 18.7 Å². The van der Waals surface area contributed by atoms with Crippen LogP contribution in [0, 0.1) is 0 Å². The minimum atomic E-state index is -4.00. The molecule has 0 saturated carbocycles. The van der Waals surface area contributed by atoms with E-state index in [2.05, 4.69) is 10.0 Å². The Morgan fingerprint density at radius 1 is 0.964 bits per heavy atom. The number of anilines is 2. The summed E-state index contributed by atoms with van der Waals surface area (Å²) in [4.78, 5) is 23.1. The van der Waals surface area contributed by atoms with Crippen molar-refractivity contribution in [3.05, 3.63) is 53.6 Å². The molecule has 11 heteroatoms. The van der Waals surface area contributed by atoms with E-state index in [-0.39, 0.29) is 27.5 Å². The number of amides is 2. The maximum atomic E-state index is 12.6. The van der Waals surface area contributed by atoms with Crippen LogP contribution in [0.2, 0.25) is 0 Å². The number of benzene rings is 2. The minimum absolute atomic E-state index is 0.00228. The third-order valence-electron chi connectivity index (χ3n) is 4.52. The van der Waals surface area contributed by atoms with Crippen LogP contribution in [0.1, 0.15) is 27.1 Å². The Morgan fingerprint density at radius 2 is 1.64 bits per heavy atom. The van der Waals surface area contributed by atoms with Crippen molar-refractivity contribution in [1.82, 2.24) is 5.32 Å². The Hall–Kier alpha value is -2.92. The van der Waals surface area contributed by atoms with Gasteiger partial charge in [0.25, 0.3) is 21.8 Å². The Bertz CT molecular complexity index is 1200. The second-order valence-corrected chi connectivity index (χ2v) is 10.1. The van der Waals surface area contributed by atoms with E-state index in [4.69, 9.17) is 0 Å².